The molecule has 24 heavy (non-hydrogen) atoms. The van der Waals surface area contributed by atoms with E-state index in [1.54, 1.807) is 36.0 Å². The zero-order chi connectivity index (χ0) is 16.2. The Labute approximate surface area is 151 Å². The molecular weight excluding hydrogens is 348 g/mol. The highest BCUT2D eigenvalue weighted by Gasteiger charge is 2.34. The standard InChI is InChI=1S/C16H18N4O2S.ClH/c17-8-11-1-3-12(4-2-11)15(21)19-13-7-14(18-9-13)16(22)20-5-6-23-10-20;/h1-4,13-14,18H,5-7,9-10H2,(H,19,21);1H/t13-,14-;/m0./s1. The van der Waals surface area contributed by atoms with Crippen molar-refractivity contribution in [3.05, 3.63) is 35.4 Å². The first-order valence-electron chi connectivity index (χ1n) is 7.58. The van der Waals surface area contributed by atoms with E-state index in [0.717, 1.165) is 18.2 Å². The van der Waals surface area contributed by atoms with Gasteiger partial charge in [-0.05, 0) is 30.7 Å². The Morgan fingerprint density at radius 3 is 2.71 bits per heavy atom. The van der Waals surface area contributed by atoms with Gasteiger partial charge in [0, 0.05) is 30.4 Å². The molecule has 6 nitrogen and oxygen atoms in total. The fourth-order valence-electron chi connectivity index (χ4n) is 2.81. The molecule has 1 aromatic rings. The van der Waals surface area contributed by atoms with Crippen LogP contribution in [0.15, 0.2) is 24.3 Å². The van der Waals surface area contributed by atoms with Gasteiger partial charge in [-0.15, -0.1) is 24.2 Å². The largest absolute Gasteiger partial charge is 0.348 e. The molecule has 2 fully saturated rings. The summed E-state index contributed by atoms with van der Waals surface area (Å²) in [6.45, 7) is 1.41. The van der Waals surface area contributed by atoms with Gasteiger partial charge in [0.25, 0.3) is 5.91 Å². The first kappa shape index (κ1) is 18.6. The maximum atomic E-state index is 12.3. The molecule has 0 unspecified atom stereocenters. The summed E-state index contributed by atoms with van der Waals surface area (Å²) in [6.07, 6.45) is 0.613. The molecule has 8 heteroatoms. The van der Waals surface area contributed by atoms with Crippen LogP contribution < -0.4 is 10.6 Å². The lowest BCUT2D eigenvalue weighted by molar-refractivity contribution is -0.131. The van der Waals surface area contributed by atoms with Crippen LogP contribution in [0, 0.1) is 11.3 Å². The van der Waals surface area contributed by atoms with Crippen LogP contribution in [0.4, 0.5) is 0 Å². The number of halogens is 1. The third-order valence-corrected chi connectivity index (χ3v) is 5.07. The highest BCUT2D eigenvalue weighted by Crippen LogP contribution is 2.17. The summed E-state index contributed by atoms with van der Waals surface area (Å²) >= 11 is 1.77. The molecule has 0 radical (unpaired) electrons. The van der Waals surface area contributed by atoms with Crippen molar-refractivity contribution in [3.8, 4) is 6.07 Å². The van der Waals surface area contributed by atoms with Crippen LogP contribution in [-0.4, -0.2) is 53.5 Å². The third-order valence-electron chi connectivity index (χ3n) is 4.10. The topological polar surface area (TPSA) is 85.2 Å². The van der Waals surface area contributed by atoms with Crippen molar-refractivity contribution in [1.29, 1.82) is 5.26 Å². The van der Waals surface area contributed by atoms with Gasteiger partial charge in [0.2, 0.25) is 5.91 Å². The fraction of sp³-hybridized carbons (Fsp3) is 0.438. The average Bonchev–Trinajstić information content (AvgIpc) is 3.26. The smallest absolute Gasteiger partial charge is 0.251 e. The molecular formula is C16H19ClN4O2S. The Morgan fingerprint density at radius 2 is 2.08 bits per heavy atom. The molecule has 2 amide bonds. The van der Waals surface area contributed by atoms with E-state index >= 15 is 0 Å². The number of benzene rings is 1. The van der Waals surface area contributed by atoms with Gasteiger partial charge in [-0.3, -0.25) is 9.59 Å². The molecule has 0 spiro atoms. The van der Waals surface area contributed by atoms with E-state index in [-0.39, 0.29) is 36.3 Å². The normalized spacial score (nSPS) is 22.5. The predicted molar refractivity (Wildman–Crippen MR) is 95.1 cm³/mol. The average molecular weight is 367 g/mol. The lowest BCUT2D eigenvalue weighted by Crippen LogP contribution is -2.42. The van der Waals surface area contributed by atoms with Gasteiger partial charge in [-0.25, -0.2) is 0 Å². The molecule has 2 N–H and O–H groups in total. The quantitative estimate of drug-likeness (QED) is 0.832. The molecule has 0 bridgehead atoms. The van der Waals surface area contributed by atoms with Crippen LogP contribution in [0.25, 0.3) is 0 Å². The van der Waals surface area contributed by atoms with Crippen molar-refractivity contribution in [2.75, 3.05) is 24.7 Å². The maximum absolute atomic E-state index is 12.3. The predicted octanol–water partition coefficient (Wildman–Crippen LogP) is 0.973. The molecule has 128 valence electrons. The number of rotatable bonds is 3. The molecule has 0 aromatic heterocycles. The van der Waals surface area contributed by atoms with Crippen molar-refractivity contribution >= 4 is 36.0 Å². The number of carbonyl (C=O) groups excluding carboxylic acids is 2. The van der Waals surface area contributed by atoms with Crippen LogP contribution >= 0.6 is 24.2 Å². The number of hydrogen-bond acceptors (Lipinski definition) is 5. The molecule has 0 aliphatic carbocycles. The number of nitrogens with zero attached hydrogens (tertiary/aromatic N) is 2. The number of hydrogen-bond donors (Lipinski definition) is 2. The highest BCUT2D eigenvalue weighted by molar-refractivity contribution is 7.99. The summed E-state index contributed by atoms with van der Waals surface area (Å²) in [6, 6.07) is 8.29. The SMILES string of the molecule is Cl.N#Cc1ccc(C(=O)N[C@@H]2CN[C@H](C(=O)N3CCSC3)C2)cc1. The Balaban J connectivity index is 0.00000208. The van der Waals surface area contributed by atoms with E-state index in [2.05, 4.69) is 10.6 Å². The van der Waals surface area contributed by atoms with Crippen LogP contribution in [-0.2, 0) is 4.79 Å². The summed E-state index contributed by atoms with van der Waals surface area (Å²) in [4.78, 5) is 26.4. The van der Waals surface area contributed by atoms with Crippen LogP contribution in [0.2, 0.25) is 0 Å². The van der Waals surface area contributed by atoms with Crippen molar-refractivity contribution in [1.82, 2.24) is 15.5 Å². The molecule has 1 aromatic carbocycles. The molecule has 2 saturated heterocycles. The fourth-order valence-corrected chi connectivity index (χ4v) is 3.76. The Hall–Kier alpha value is -1.75. The lowest BCUT2D eigenvalue weighted by atomic mass is 10.1. The second kappa shape index (κ2) is 8.38. The minimum absolute atomic E-state index is 0. The number of amides is 2. The summed E-state index contributed by atoms with van der Waals surface area (Å²) in [5.41, 5.74) is 1.05. The first-order chi connectivity index (χ1) is 11.2. The molecule has 2 atom stereocenters. The van der Waals surface area contributed by atoms with Gasteiger partial charge >= 0.3 is 0 Å². The summed E-state index contributed by atoms with van der Waals surface area (Å²) < 4.78 is 0. The summed E-state index contributed by atoms with van der Waals surface area (Å²) in [5.74, 6) is 1.72. The number of thioether (sulfide) groups is 1. The zero-order valence-electron chi connectivity index (χ0n) is 13.0. The van der Waals surface area contributed by atoms with Crippen molar-refractivity contribution < 1.29 is 9.59 Å². The number of carbonyl (C=O) groups is 2. The second-order valence-electron chi connectivity index (χ2n) is 5.70. The van der Waals surface area contributed by atoms with Crippen LogP contribution in [0.3, 0.4) is 0 Å². The summed E-state index contributed by atoms with van der Waals surface area (Å²) in [5, 5.41) is 14.9. The van der Waals surface area contributed by atoms with Gasteiger partial charge in [0.1, 0.15) is 0 Å². The van der Waals surface area contributed by atoms with Gasteiger partial charge in [0.05, 0.1) is 23.6 Å². The Bertz CT molecular complexity index is 640. The van der Waals surface area contributed by atoms with E-state index in [9.17, 15) is 9.59 Å². The minimum atomic E-state index is -0.208. The van der Waals surface area contributed by atoms with Crippen molar-refractivity contribution in [2.24, 2.45) is 0 Å². The van der Waals surface area contributed by atoms with Crippen LogP contribution in [0.5, 0.6) is 0 Å². The first-order valence-corrected chi connectivity index (χ1v) is 8.74. The third kappa shape index (κ3) is 4.20. The van der Waals surface area contributed by atoms with E-state index in [1.807, 2.05) is 11.0 Å². The van der Waals surface area contributed by atoms with Gasteiger partial charge in [-0.1, -0.05) is 0 Å². The molecule has 3 rings (SSSR count). The Kier molecular flexibility index (Phi) is 6.49. The van der Waals surface area contributed by atoms with Crippen molar-refractivity contribution in [2.45, 2.75) is 18.5 Å². The zero-order valence-corrected chi connectivity index (χ0v) is 14.7. The number of nitriles is 1. The van der Waals surface area contributed by atoms with Gasteiger partial charge in [0.15, 0.2) is 0 Å². The van der Waals surface area contributed by atoms with E-state index in [1.165, 1.54) is 0 Å². The molecule has 0 saturated carbocycles. The monoisotopic (exact) mass is 366 g/mol. The maximum Gasteiger partial charge on any atom is 0.251 e. The highest BCUT2D eigenvalue weighted by atomic mass is 35.5. The van der Waals surface area contributed by atoms with Crippen molar-refractivity contribution in [3.63, 3.8) is 0 Å². The van der Waals surface area contributed by atoms with E-state index in [0.29, 0.717) is 24.1 Å². The summed E-state index contributed by atoms with van der Waals surface area (Å²) in [7, 11) is 0. The van der Waals surface area contributed by atoms with E-state index < -0.39 is 0 Å². The Morgan fingerprint density at radius 1 is 1.33 bits per heavy atom. The van der Waals surface area contributed by atoms with Gasteiger partial charge in [-0.2, -0.15) is 5.26 Å². The molecule has 2 aliphatic rings. The number of nitrogens with one attached hydrogen (secondary N) is 2. The molecule has 2 heterocycles. The lowest BCUT2D eigenvalue weighted by Gasteiger charge is -2.19. The van der Waals surface area contributed by atoms with Gasteiger partial charge < -0.3 is 15.5 Å². The van der Waals surface area contributed by atoms with Crippen LogP contribution in [0.1, 0.15) is 22.3 Å². The molecule has 2 aliphatic heterocycles. The second-order valence-corrected chi connectivity index (χ2v) is 6.77. The minimum Gasteiger partial charge on any atom is -0.348 e. The van der Waals surface area contributed by atoms with E-state index in [4.69, 9.17) is 5.26 Å².